The van der Waals surface area contributed by atoms with Crippen LogP contribution < -0.4 is 5.32 Å². The van der Waals surface area contributed by atoms with Crippen molar-refractivity contribution in [3.8, 4) is 0 Å². The summed E-state index contributed by atoms with van der Waals surface area (Å²) in [5.41, 5.74) is 1.43. The van der Waals surface area contributed by atoms with Crippen LogP contribution in [0.3, 0.4) is 0 Å². The molecule has 0 unspecified atom stereocenters. The van der Waals surface area contributed by atoms with E-state index in [4.69, 9.17) is 0 Å². The first-order valence-electron chi connectivity index (χ1n) is 8.87. The highest BCUT2D eigenvalue weighted by Crippen LogP contribution is 2.26. The number of rotatable bonds is 4. The molecule has 6 nitrogen and oxygen atoms in total. The Bertz CT molecular complexity index is 551. The zero-order valence-electron chi connectivity index (χ0n) is 14.2. The van der Waals surface area contributed by atoms with Crippen molar-refractivity contribution >= 4 is 5.91 Å². The van der Waals surface area contributed by atoms with Crippen LogP contribution in [-0.4, -0.2) is 57.0 Å². The first kappa shape index (κ1) is 16.5. The van der Waals surface area contributed by atoms with Crippen molar-refractivity contribution in [3.63, 3.8) is 0 Å². The minimum atomic E-state index is -0.486. The number of aliphatic hydroxyl groups excluding tert-OH is 1. The zero-order valence-corrected chi connectivity index (χ0v) is 14.2. The van der Waals surface area contributed by atoms with Crippen molar-refractivity contribution in [1.29, 1.82) is 0 Å². The Morgan fingerprint density at radius 3 is 2.74 bits per heavy atom. The average molecular weight is 320 g/mol. The maximum atomic E-state index is 12.5. The molecule has 0 aromatic carbocycles. The van der Waals surface area contributed by atoms with E-state index < -0.39 is 6.10 Å². The second kappa shape index (κ2) is 7.01. The molecule has 2 heterocycles. The fourth-order valence-corrected chi connectivity index (χ4v) is 3.97. The molecule has 0 spiro atoms. The van der Waals surface area contributed by atoms with Gasteiger partial charge in [-0.2, -0.15) is 5.10 Å². The summed E-state index contributed by atoms with van der Waals surface area (Å²) in [7, 11) is 0. The van der Waals surface area contributed by atoms with Gasteiger partial charge < -0.3 is 10.4 Å². The molecule has 1 saturated carbocycles. The van der Waals surface area contributed by atoms with Crippen LogP contribution in [0.2, 0.25) is 0 Å². The standard InChI is InChI=1S/C17H28N4O2/c1-3-21-12(2)11-14(19-21)17(23)18-13-7-6-8-15(16(13)22)20-9-4-5-10-20/h11,13,15-16,22H,3-10H2,1-2H3,(H,18,23)/t13-,15-,16-/m1/s1. The van der Waals surface area contributed by atoms with Gasteiger partial charge in [-0.15, -0.1) is 0 Å². The number of hydrogen-bond donors (Lipinski definition) is 2. The molecule has 3 atom stereocenters. The molecule has 2 N–H and O–H groups in total. The highest BCUT2D eigenvalue weighted by molar-refractivity contribution is 5.92. The molecule has 0 bridgehead atoms. The van der Waals surface area contributed by atoms with Gasteiger partial charge in [-0.05, 0) is 65.1 Å². The largest absolute Gasteiger partial charge is 0.389 e. The quantitative estimate of drug-likeness (QED) is 0.878. The molecule has 2 aliphatic rings. The summed E-state index contributed by atoms with van der Waals surface area (Å²) in [4.78, 5) is 14.8. The smallest absolute Gasteiger partial charge is 0.272 e. The number of aromatic nitrogens is 2. The maximum absolute atomic E-state index is 12.5. The normalized spacial score (nSPS) is 28.9. The molecule has 2 fully saturated rings. The summed E-state index contributed by atoms with van der Waals surface area (Å²) in [6.07, 6.45) is 4.86. The number of carbonyl (C=O) groups is 1. The lowest BCUT2D eigenvalue weighted by Gasteiger charge is -2.39. The Morgan fingerprint density at radius 1 is 1.35 bits per heavy atom. The summed E-state index contributed by atoms with van der Waals surface area (Å²) in [5.74, 6) is -0.175. The third kappa shape index (κ3) is 3.43. The molecular weight excluding hydrogens is 292 g/mol. The lowest BCUT2D eigenvalue weighted by atomic mass is 9.87. The van der Waals surface area contributed by atoms with Gasteiger partial charge in [-0.25, -0.2) is 0 Å². The van der Waals surface area contributed by atoms with E-state index in [2.05, 4.69) is 15.3 Å². The second-order valence-electron chi connectivity index (χ2n) is 6.80. The Balaban J connectivity index is 1.64. The van der Waals surface area contributed by atoms with Crippen molar-refractivity contribution in [3.05, 3.63) is 17.5 Å². The number of aryl methyl sites for hydroxylation is 2. The lowest BCUT2D eigenvalue weighted by Crippen LogP contribution is -2.56. The molecule has 3 rings (SSSR count). The lowest BCUT2D eigenvalue weighted by molar-refractivity contribution is 0.00697. The minimum Gasteiger partial charge on any atom is -0.389 e. The van der Waals surface area contributed by atoms with Crippen LogP contribution >= 0.6 is 0 Å². The van der Waals surface area contributed by atoms with E-state index in [0.29, 0.717) is 5.69 Å². The second-order valence-corrected chi connectivity index (χ2v) is 6.80. The number of nitrogens with one attached hydrogen (secondary N) is 1. The van der Waals surface area contributed by atoms with Crippen molar-refractivity contribution < 1.29 is 9.90 Å². The minimum absolute atomic E-state index is 0.172. The van der Waals surface area contributed by atoms with Crippen molar-refractivity contribution in [2.24, 2.45) is 0 Å². The molecule has 1 aromatic rings. The number of hydrogen-bond acceptors (Lipinski definition) is 4. The summed E-state index contributed by atoms with van der Waals surface area (Å²) in [6, 6.07) is 1.83. The van der Waals surface area contributed by atoms with E-state index in [1.165, 1.54) is 12.8 Å². The predicted molar refractivity (Wildman–Crippen MR) is 88.3 cm³/mol. The molecule has 1 amide bonds. The Morgan fingerprint density at radius 2 is 2.09 bits per heavy atom. The average Bonchev–Trinajstić information content (AvgIpc) is 3.18. The van der Waals surface area contributed by atoms with E-state index in [1.807, 2.05) is 24.6 Å². The molecule has 1 aliphatic heterocycles. The Kier molecular flexibility index (Phi) is 5.02. The molecule has 1 aliphatic carbocycles. The first-order valence-corrected chi connectivity index (χ1v) is 8.87. The Labute approximate surface area is 137 Å². The molecule has 1 aromatic heterocycles. The van der Waals surface area contributed by atoms with E-state index >= 15 is 0 Å². The van der Waals surface area contributed by atoms with E-state index in [9.17, 15) is 9.90 Å². The summed E-state index contributed by atoms with van der Waals surface area (Å²) in [5, 5.41) is 18.0. The van der Waals surface area contributed by atoms with Gasteiger partial charge in [0.25, 0.3) is 5.91 Å². The van der Waals surface area contributed by atoms with Crippen molar-refractivity contribution in [2.75, 3.05) is 13.1 Å². The first-order chi connectivity index (χ1) is 11.1. The fourth-order valence-electron chi connectivity index (χ4n) is 3.97. The molecule has 6 heteroatoms. The number of amides is 1. The molecule has 128 valence electrons. The van der Waals surface area contributed by atoms with Crippen molar-refractivity contribution in [1.82, 2.24) is 20.0 Å². The summed E-state index contributed by atoms with van der Waals surface area (Å²) < 4.78 is 1.82. The molecule has 0 radical (unpaired) electrons. The van der Waals surface area contributed by atoms with Gasteiger partial charge in [0.1, 0.15) is 5.69 Å². The SMILES string of the molecule is CCn1nc(C(=O)N[C@@H]2CCC[C@@H](N3CCCC3)[C@@H]2O)cc1C. The Hall–Kier alpha value is -1.40. The van der Waals surface area contributed by atoms with Gasteiger partial charge in [0, 0.05) is 18.3 Å². The number of carbonyl (C=O) groups excluding carboxylic acids is 1. The number of nitrogens with zero attached hydrogens (tertiary/aromatic N) is 3. The van der Waals surface area contributed by atoms with Crippen molar-refractivity contribution in [2.45, 2.75) is 70.7 Å². The van der Waals surface area contributed by atoms with Crippen LogP contribution in [0, 0.1) is 6.92 Å². The van der Waals surface area contributed by atoms with Crippen LogP contribution in [0.15, 0.2) is 6.07 Å². The number of likely N-dealkylation sites (tertiary alicyclic amines) is 1. The van der Waals surface area contributed by atoms with Crippen LogP contribution in [0.25, 0.3) is 0 Å². The molecular formula is C17H28N4O2. The van der Waals surface area contributed by atoms with E-state index in [-0.39, 0.29) is 18.0 Å². The van der Waals surface area contributed by atoms with Gasteiger partial charge in [-0.3, -0.25) is 14.4 Å². The fraction of sp³-hybridized carbons (Fsp3) is 0.765. The van der Waals surface area contributed by atoms with Gasteiger partial charge in [0.15, 0.2) is 0 Å². The third-order valence-corrected chi connectivity index (χ3v) is 5.26. The van der Waals surface area contributed by atoms with E-state index in [0.717, 1.165) is 44.6 Å². The summed E-state index contributed by atoms with van der Waals surface area (Å²) in [6.45, 7) is 6.85. The number of aliphatic hydroxyl groups is 1. The van der Waals surface area contributed by atoms with Gasteiger partial charge in [-0.1, -0.05) is 0 Å². The van der Waals surface area contributed by atoms with Crippen LogP contribution in [0.5, 0.6) is 0 Å². The summed E-state index contributed by atoms with van der Waals surface area (Å²) >= 11 is 0. The van der Waals surface area contributed by atoms with E-state index in [1.54, 1.807) is 0 Å². The van der Waals surface area contributed by atoms with Gasteiger partial charge in [0.05, 0.1) is 12.1 Å². The maximum Gasteiger partial charge on any atom is 0.272 e. The van der Waals surface area contributed by atoms with Gasteiger partial charge in [0.2, 0.25) is 0 Å². The predicted octanol–water partition coefficient (Wildman–Crippen LogP) is 1.32. The van der Waals surface area contributed by atoms with Gasteiger partial charge >= 0.3 is 0 Å². The molecule has 1 saturated heterocycles. The monoisotopic (exact) mass is 320 g/mol. The highest BCUT2D eigenvalue weighted by Gasteiger charge is 2.37. The third-order valence-electron chi connectivity index (χ3n) is 5.26. The zero-order chi connectivity index (χ0) is 16.4. The van der Waals surface area contributed by atoms with Crippen LogP contribution in [0.4, 0.5) is 0 Å². The molecule has 23 heavy (non-hydrogen) atoms. The highest BCUT2D eigenvalue weighted by atomic mass is 16.3. The van der Waals surface area contributed by atoms with Crippen LogP contribution in [0.1, 0.15) is 55.2 Å². The topological polar surface area (TPSA) is 70.4 Å². The van der Waals surface area contributed by atoms with Crippen LogP contribution in [-0.2, 0) is 6.54 Å².